The zero-order valence-electron chi connectivity index (χ0n) is 11.8. The first-order chi connectivity index (χ1) is 10.1. The predicted octanol–water partition coefficient (Wildman–Crippen LogP) is 2.09. The third-order valence-corrected chi connectivity index (χ3v) is 4.37. The minimum atomic E-state index is -0.384. The number of carbonyl (C=O) groups is 2. The van der Waals surface area contributed by atoms with Crippen molar-refractivity contribution in [2.24, 2.45) is 5.92 Å². The molecule has 2 aliphatic rings. The van der Waals surface area contributed by atoms with Gasteiger partial charge in [0.05, 0.1) is 7.11 Å². The maximum atomic E-state index is 12.7. The summed E-state index contributed by atoms with van der Waals surface area (Å²) in [6.45, 7) is 0.396. The van der Waals surface area contributed by atoms with Crippen molar-refractivity contribution in [2.45, 2.75) is 25.3 Å². The van der Waals surface area contributed by atoms with Crippen molar-refractivity contribution < 1.29 is 14.3 Å². The van der Waals surface area contributed by atoms with Gasteiger partial charge in [0, 0.05) is 29.2 Å². The number of anilines is 1. The Morgan fingerprint density at radius 3 is 2.71 bits per heavy atom. The van der Waals surface area contributed by atoms with E-state index in [9.17, 15) is 9.59 Å². The van der Waals surface area contributed by atoms with E-state index in [2.05, 4.69) is 21.2 Å². The number of nitrogens with one attached hydrogen (secondary N) is 1. The van der Waals surface area contributed by atoms with Gasteiger partial charge in [0.25, 0.3) is 0 Å². The molecule has 6 heteroatoms. The molecule has 1 aromatic carbocycles. The highest BCUT2D eigenvalue weighted by Crippen LogP contribution is 2.36. The van der Waals surface area contributed by atoms with Crippen LogP contribution in [0.5, 0.6) is 5.75 Å². The number of methoxy groups -OCH3 is 1. The number of benzene rings is 1. The molecule has 1 unspecified atom stereocenters. The van der Waals surface area contributed by atoms with Gasteiger partial charge in [-0.05, 0) is 30.9 Å². The monoisotopic (exact) mass is 352 g/mol. The third kappa shape index (κ3) is 3.05. The van der Waals surface area contributed by atoms with Crippen LogP contribution in [0.2, 0.25) is 0 Å². The Labute approximate surface area is 131 Å². The first kappa shape index (κ1) is 14.4. The molecular weight excluding hydrogens is 336 g/mol. The fraction of sp³-hybridized carbons (Fsp3) is 0.467. The Bertz CT molecular complexity index is 586. The van der Waals surface area contributed by atoms with Crippen molar-refractivity contribution in [1.82, 2.24) is 5.32 Å². The molecule has 3 rings (SSSR count). The summed E-state index contributed by atoms with van der Waals surface area (Å²) >= 11 is 3.43. The molecule has 2 fully saturated rings. The molecule has 1 aliphatic heterocycles. The lowest BCUT2D eigenvalue weighted by Gasteiger charge is -2.24. The fourth-order valence-electron chi connectivity index (χ4n) is 2.63. The number of hydrogen-bond acceptors (Lipinski definition) is 3. The van der Waals surface area contributed by atoms with Gasteiger partial charge in [-0.25, -0.2) is 0 Å². The molecule has 1 saturated heterocycles. The molecule has 5 nitrogen and oxygen atoms in total. The summed E-state index contributed by atoms with van der Waals surface area (Å²) in [7, 11) is 1.59. The van der Waals surface area contributed by atoms with Crippen LogP contribution in [0.3, 0.4) is 0 Å². The largest absolute Gasteiger partial charge is 0.497 e. The SMILES string of the molecule is COc1cc(Br)cc(N2CCC(=O)NC(C3CC3)C2=O)c1. The van der Waals surface area contributed by atoms with E-state index < -0.39 is 0 Å². The molecule has 1 aromatic rings. The molecule has 2 amide bonds. The lowest BCUT2D eigenvalue weighted by molar-refractivity contribution is -0.126. The van der Waals surface area contributed by atoms with E-state index in [0.29, 0.717) is 18.7 Å². The molecule has 0 bridgehead atoms. The standard InChI is InChI=1S/C15H17BrN2O3/c1-21-12-7-10(16)6-11(8-12)18-5-4-13(19)17-14(15(18)20)9-2-3-9/h6-9,14H,2-5H2,1H3,(H,17,19). The Balaban J connectivity index is 1.93. The molecule has 1 atom stereocenters. The molecule has 1 saturated carbocycles. The number of amides is 2. The van der Waals surface area contributed by atoms with E-state index >= 15 is 0 Å². The van der Waals surface area contributed by atoms with Crippen LogP contribution >= 0.6 is 15.9 Å². The van der Waals surface area contributed by atoms with Gasteiger partial charge >= 0.3 is 0 Å². The maximum absolute atomic E-state index is 12.7. The Kier molecular flexibility index (Phi) is 3.89. The molecule has 0 aromatic heterocycles. The van der Waals surface area contributed by atoms with E-state index in [0.717, 1.165) is 23.0 Å². The van der Waals surface area contributed by atoms with Crippen LogP contribution in [0.25, 0.3) is 0 Å². The lowest BCUT2D eigenvalue weighted by atomic mass is 10.1. The third-order valence-electron chi connectivity index (χ3n) is 3.91. The number of halogens is 1. The number of ether oxygens (including phenoxy) is 1. The summed E-state index contributed by atoms with van der Waals surface area (Å²) in [5.41, 5.74) is 0.758. The highest BCUT2D eigenvalue weighted by Gasteiger charge is 2.41. The van der Waals surface area contributed by atoms with Crippen molar-refractivity contribution in [1.29, 1.82) is 0 Å². The Hall–Kier alpha value is -1.56. The normalized spacial score (nSPS) is 22.8. The van der Waals surface area contributed by atoms with Gasteiger partial charge in [0.15, 0.2) is 0 Å². The van der Waals surface area contributed by atoms with Gasteiger partial charge < -0.3 is 15.0 Å². The van der Waals surface area contributed by atoms with E-state index in [1.165, 1.54) is 0 Å². The first-order valence-corrected chi connectivity index (χ1v) is 7.83. The zero-order chi connectivity index (χ0) is 15.0. The average molecular weight is 353 g/mol. The first-order valence-electron chi connectivity index (χ1n) is 7.04. The summed E-state index contributed by atoms with van der Waals surface area (Å²) in [6, 6.07) is 5.15. The van der Waals surface area contributed by atoms with Gasteiger partial charge in [0.2, 0.25) is 11.8 Å². The number of hydrogen-bond donors (Lipinski definition) is 1. The van der Waals surface area contributed by atoms with Crippen LogP contribution in [-0.2, 0) is 9.59 Å². The topological polar surface area (TPSA) is 58.6 Å². The van der Waals surface area contributed by atoms with E-state index in [1.54, 1.807) is 12.0 Å². The van der Waals surface area contributed by atoms with Gasteiger partial charge in [0.1, 0.15) is 11.8 Å². The second kappa shape index (κ2) is 5.67. The minimum Gasteiger partial charge on any atom is -0.497 e. The van der Waals surface area contributed by atoms with E-state index in [-0.39, 0.29) is 23.8 Å². The quantitative estimate of drug-likeness (QED) is 0.905. The van der Waals surface area contributed by atoms with Crippen molar-refractivity contribution in [2.75, 3.05) is 18.6 Å². The molecule has 0 spiro atoms. The second-order valence-electron chi connectivity index (χ2n) is 5.47. The van der Waals surface area contributed by atoms with Crippen LogP contribution in [0.4, 0.5) is 5.69 Å². The second-order valence-corrected chi connectivity index (χ2v) is 6.39. The highest BCUT2D eigenvalue weighted by atomic mass is 79.9. The summed E-state index contributed by atoms with van der Waals surface area (Å²) < 4.78 is 6.09. The van der Waals surface area contributed by atoms with Crippen molar-refractivity contribution in [3.63, 3.8) is 0 Å². The van der Waals surface area contributed by atoms with E-state index in [4.69, 9.17) is 4.74 Å². The van der Waals surface area contributed by atoms with Crippen molar-refractivity contribution in [3.8, 4) is 5.75 Å². The van der Waals surface area contributed by atoms with Crippen molar-refractivity contribution >= 4 is 33.4 Å². The molecule has 1 heterocycles. The van der Waals surface area contributed by atoms with Crippen LogP contribution in [0.1, 0.15) is 19.3 Å². The van der Waals surface area contributed by atoms with Crippen LogP contribution in [0.15, 0.2) is 22.7 Å². The predicted molar refractivity (Wildman–Crippen MR) is 82.3 cm³/mol. The smallest absolute Gasteiger partial charge is 0.249 e. The summed E-state index contributed by atoms with van der Waals surface area (Å²) in [6.07, 6.45) is 2.34. The van der Waals surface area contributed by atoms with Gasteiger partial charge in [-0.15, -0.1) is 0 Å². The van der Waals surface area contributed by atoms with Crippen LogP contribution in [0, 0.1) is 5.92 Å². The molecule has 1 N–H and O–H groups in total. The highest BCUT2D eigenvalue weighted by molar-refractivity contribution is 9.10. The van der Waals surface area contributed by atoms with Gasteiger partial charge in [-0.1, -0.05) is 15.9 Å². The van der Waals surface area contributed by atoms with Gasteiger partial charge in [-0.2, -0.15) is 0 Å². The van der Waals surface area contributed by atoms with Crippen LogP contribution in [-0.4, -0.2) is 31.5 Å². The van der Waals surface area contributed by atoms with E-state index in [1.807, 2.05) is 18.2 Å². The average Bonchev–Trinajstić information content (AvgIpc) is 3.28. The summed E-state index contributed by atoms with van der Waals surface area (Å²) in [5, 5.41) is 2.86. The number of carbonyl (C=O) groups excluding carboxylic acids is 2. The lowest BCUT2D eigenvalue weighted by Crippen LogP contribution is -2.46. The van der Waals surface area contributed by atoms with Crippen molar-refractivity contribution in [3.05, 3.63) is 22.7 Å². The summed E-state index contributed by atoms with van der Waals surface area (Å²) in [4.78, 5) is 26.2. The Morgan fingerprint density at radius 1 is 1.29 bits per heavy atom. The minimum absolute atomic E-state index is 0.0245. The Morgan fingerprint density at radius 2 is 2.05 bits per heavy atom. The van der Waals surface area contributed by atoms with Crippen LogP contribution < -0.4 is 15.0 Å². The molecule has 112 valence electrons. The summed E-state index contributed by atoms with van der Waals surface area (Å²) in [5.74, 6) is 0.892. The molecule has 1 aliphatic carbocycles. The molecule has 21 heavy (non-hydrogen) atoms. The van der Waals surface area contributed by atoms with Gasteiger partial charge in [-0.3, -0.25) is 9.59 Å². The number of nitrogens with zero attached hydrogens (tertiary/aromatic N) is 1. The maximum Gasteiger partial charge on any atom is 0.249 e. The zero-order valence-corrected chi connectivity index (χ0v) is 13.4. The number of rotatable bonds is 3. The molecule has 0 radical (unpaired) electrons. The fourth-order valence-corrected chi connectivity index (χ4v) is 3.09. The molecular formula is C15H17BrN2O3.